The molecule has 0 bridgehead atoms. The average molecular weight is 439 g/mol. The van der Waals surface area contributed by atoms with Crippen LogP contribution in [-0.2, 0) is 18.6 Å². The third-order valence-corrected chi connectivity index (χ3v) is 6.48. The molecule has 2 unspecified atom stereocenters. The van der Waals surface area contributed by atoms with Gasteiger partial charge in [0, 0.05) is 19.9 Å². The van der Waals surface area contributed by atoms with Gasteiger partial charge in [-0.25, -0.2) is 0 Å². The number of carbonyl (C=O) groups is 1. The van der Waals surface area contributed by atoms with E-state index in [0.29, 0.717) is 18.6 Å². The maximum Gasteiger partial charge on any atom is 0.344 e. The number of fused-ring (bicyclic) bond motifs is 1. The zero-order valence-corrected chi connectivity index (χ0v) is 18.2. The lowest BCUT2D eigenvalue weighted by molar-refractivity contribution is -0.120. The number of carbonyl (C=O) groups excluding carboxylic acids is 1. The first-order chi connectivity index (χ1) is 15.0. The van der Waals surface area contributed by atoms with E-state index >= 15 is 0 Å². The summed E-state index contributed by atoms with van der Waals surface area (Å²) < 4.78 is 23.5. The third-order valence-electron chi connectivity index (χ3n) is 4.76. The van der Waals surface area contributed by atoms with Crippen molar-refractivity contribution in [2.45, 2.75) is 12.1 Å². The Morgan fingerprint density at radius 3 is 2.52 bits per heavy atom. The first-order valence-electron chi connectivity index (χ1n) is 9.98. The van der Waals surface area contributed by atoms with Gasteiger partial charge in [-0.1, -0.05) is 72.8 Å². The van der Waals surface area contributed by atoms with Crippen LogP contribution in [0.15, 0.2) is 79.0 Å². The Labute approximate surface area is 182 Å². The third kappa shape index (κ3) is 6.12. The van der Waals surface area contributed by atoms with Gasteiger partial charge < -0.3 is 19.5 Å². The molecule has 162 valence electrons. The van der Waals surface area contributed by atoms with Crippen molar-refractivity contribution in [1.29, 1.82) is 0 Å². The molecule has 0 saturated heterocycles. The summed E-state index contributed by atoms with van der Waals surface area (Å²) in [5.74, 6) is -0.610. The van der Waals surface area contributed by atoms with Crippen LogP contribution in [0.3, 0.4) is 0 Å². The summed E-state index contributed by atoms with van der Waals surface area (Å²) in [6.45, 7) is 0.404. The fourth-order valence-electron chi connectivity index (χ4n) is 3.29. The molecular weight excluding hydrogens is 413 g/mol. The number of hydrogen-bond acceptors (Lipinski definition) is 4. The van der Waals surface area contributed by atoms with Crippen molar-refractivity contribution in [2.24, 2.45) is 0 Å². The molecule has 0 aromatic heterocycles. The SMILES string of the molecule is COCCCOP(=O)(O)C(C(=O)NC=Cc1ccccc1)c1cccc2ccccc12. The first-order valence-corrected chi connectivity index (χ1v) is 11.6. The number of rotatable bonds is 10. The molecule has 0 aliphatic rings. The lowest BCUT2D eigenvalue weighted by atomic mass is 10.0. The number of ether oxygens (including phenoxy) is 1. The highest BCUT2D eigenvalue weighted by Crippen LogP contribution is 2.57. The lowest BCUT2D eigenvalue weighted by Crippen LogP contribution is -2.26. The Morgan fingerprint density at radius 1 is 1.03 bits per heavy atom. The predicted molar refractivity (Wildman–Crippen MR) is 123 cm³/mol. The molecule has 2 N–H and O–H groups in total. The molecule has 3 rings (SSSR count). The summed E-state index contributed by atoms with van der Waals surface area (Å²) in [5.41, 5.74) is -0.0321. The highest BCUT2D eigenvalue weighted by Gasteiger charge is 2.40. The van der Waals surface area contributed by atoms with Gasteiger partial charge in [-0.3, -0.25) is 9.36 Å². The van der Waals surface area contributed by atoms with E-state index in [1.54, 1.807) is 25.3 Å². The highest BCUT2D eigenvalue weighted by molar-refractivity contribution is 7.54. The van der Waals surface area contributed by atoms with Crippen LogP contribution in [0.2, 0.25) is 0 Å². The molecule has 0 fully saturated rings. The van der Waals surface area contributed by atoms with Gasteiger partial charge >= 0.3 is 7.60 Å². The fraction of sp³-hybridized carbons (Fsp3) is 0.208. The molecule has 0 saturated carbocycles. The molecule has 3 aromatic carbocycles. The predicted octanol–water partition coefficient (Wildman–Crippen LogP) is 4.91. The molecular formula is C24H26NO5P. The van der Waals surface area contributed by atoms with E-state index in [2.05, 4.69) is 5.32 Å². The van der Waals surface area contributed by atoms with E-state index in [9.17, 15) is 14.3 Å². The molecule has 0 spiro atoms. The lowest BCUT2D eigenvalue weighted by Gasteiger charge is -2.23. The van der Waals surface area contributed by atoms with Gasteiger partial charge in [0.2, 0.25) is 5.91 Å². The van der Waals surface area contributed by atoms with Crippen LogP contribution in [0.1, 0.15) is 23.2 Å². The number of methoxy groups -OCH3 is 1. The van der Waals surface area contributed by atoms with Crippen LogP contribution in [-0.4, -0.2) is 31.1 Å². The van der Waals surface area contributed by atoms with Crippen LogP contribution < -0.4 is 5.32 Å². The minimum atomic E-state index is -4.34. The van der Waals surface area contributed by atoms with E-state index in [1.807, 2.05) is 60.7 Å². The van der Waals surface area contributed by atoms with Gasteiger partial charge in [0.1, 0.15) is 0 Å². The quantitative estimate of drug-likeness (QED) is 0.347. The minimum absolute atomic E-state index is 0.00994. The van der Waals surface area contributed by atoms with Crippen LogP contribution in [0, 0.1) is 0 Å². The summed E-state index contributed by atoms with van der Waals surface area (Å²) in [7, 11) is -2.79. The van der Waals surface area contributed by atoms with Crippen molar-refractivity contribution in [3.05, 3.63) is 90.1 Å². The van der Waals surface area contributed by atoms with Gasteiger partial charge in [0.15, 0.2) is 5.66 Å². The molecule has 1 amide bonds. The number of hydrogen-bond donors (Lipinski definition) is 2. The van der Waals surface area contributed by atoms with Gasteiger partial charge in [-0.15, -0.1) is 0 Å². The van der Waals surface area contributed by atoms with Crippen LogP contribution in [0.25, 0.3) is 16.8 Å². The average Bonchev–Trinajstić information content (AvgIpc) is 2.78. The van der Waals surface area contributed by atoms with Gasteiger partial charge in [-0.2, -0.15) is 0 Å². The van der Waals surface area contributed by atoms with Gasteiger partial charge in [0.05, 0.1) is 6.61 Å². The van der Waals surface area contributed by atoms with Gasteiger partial charge in [0.25, 0.3) is 0 Å². The van der Waals surface area contributed by atoms with Gasteiger partial charge in [-0.05, 0) is 34.4 Å². The Balaban J connectivity index is 1.91. The van der Waals surface area contributed by atoms with E-state index in [-0.39, 0.29) is 6.61 Å². The second-order valence-corrected chi connectivity index (χ2v) is 8.87. The standard InChI is InChI=1S/C24H26NO5P/c1-29-17-8-18-30-31(27,28)23(22-14-7-12-20-11-5-6-13-21(20)22)24(26)25-16-15-19-9-3-2-4-10-19/h2-7,9-16,23H,8,17-18H2,1H3,(H,25,26)(H,27,28). The second kappa shape index (κ2) is 11.0. The van der Waals surface area contributed by atoms with Crippen molar-refractivity contribution in [3.63, 3.8) is 0 Å². The van der Waals surface area contributed by atoms with Crippen molar-refractivity contribution in [3.8, 4) is 0 Å². The number of nitrogens with one attached hydrogen (secondary N) is 1. The molecule has 0 aliphatic carbocycles. The molecule has 7 heteroatoms. The fourth-order valence-corrected chi connectivity index (χ4v) is 4.78. The Kier molecular flexibility index (Phi) is 8.15. The zero-order valence-electron chi connectivity index (χ0n) is 17.3. The molecule has 2 atom stereocenters. The molecule has 31 heavy (non-hydrogen) atoms. The first kappa shape index (κ1) is 22.9. The Bertz CT molecular complexity index is 1080. The summed E-state index contributed by atoms with van der Waals surface area (Å²) in [6.07, 6.45) is 3.64. The Morgan fingerprint density at radius 2 is 1.74 bits per heavy atom. The maximum atomic E-state index is 13.2. The molecule has 3 aromatic rings. The smallest absolute Gasteiger partial charge is 0.344 e. The summed E-state index contributed by atoms with van der Waals surface area (Å²) in [6, 6.07) is 22.2. The van der Waals surface area contributed by atoms with Crippen molar-refractivity contribution < 1.29 is 23.5 Å². The highest BCUT2D eigenvalue weighted by atomic mass is 31.2. The zero-order chi connectivity index (χ0) is 22.1. The van der Waals surface area contributed by atoms with E-state index in [0.717, 1.165) is 16.3 Å². The minimum Gasteiger partial charge on any atom is -0.385 e. The van der Waals surface area contributed by atoms with Crippen LogP contribution >= 0.6 is 7.60 Å². The van der Waals surface area contributed by atoms with Crippen molar-refractivity contribution in [1.82, 2.24) is 5.32 Å². The topological polar surface area (TPSA) is 84.9 Å². The van der Waals surface area contributed by atoms with E-state index in [4.69, 9.17) is 9.26 Å². The molecule has 6 nitrogen and oxygen atoms in total. The second-order valence-electron chi connectivity index (χ2n) is 6.97. The van der Waals surface area contributed by atoms with Crippen molar-refractivity contribution >= 4 is 30.4 Å². The maximum absolute atomic E-state index is 13.2. The van der Waals surface area contributed by atoms with E-state index < -0.39 is 19.2 Å². The number of amides is 1. The van der Waals surface area contributed by atoms with Crippen molar-refractivity contribution in [2.75, 3.05) is 20.3 Å². The number of benzene rings is 3. The Hall–Kier alpha value is -2.76. The summed E-state index contributed by atoms with van der Waals surface area (Å²) in [5, 5.41) is 4.25. The summed E-state index contributed by atoms with van der Waals surface area (Å²) >= 11 is 0. The summed E-state index contributed by atoms with van der Waals surface area (Å²) in [4.78, 5) is 23.9. The van der Waals surface area contributed by atoms with Crippen LogP contribution in [0.4, 0.5) is 0 Å². The normalized spacial score (nSPS) is 14.4. The van der Waals surface area contributed by atoms with Crippen LogP contribution in [0.5, 0.6) is 0 Å². The largest absolute Gasteiger partial charge is 0.385 e. The molecule has 0 aliphatic heterocycles. The molecule has 0 heterocycles. The monoisotopic (exact) mass is 439 g/mol. The van der Waals surface area contributed by atoms with E-state index in [1.165, 1.54) is 6.20 Å². The molecule has 0 radical (unpaired) electrons.